The molecule has 0 saturated carbocycles. The first-order valence-corrected chi connectivity index (χ1v) is 2.78. The van der Waals surface area contributed by atoms with E-state index in [0.29, 0.717) is 0 Å². The van der Waals surface area contributed by atoms with Crippen molar-refractivity contribution >= 4 is 0 Å². The summed E-state index contributed by atoms with van der Waals surface area (Å²) in [5.41, 5.74) is 5.51. The summed E-state index contributed by atoms with van der Waals surface area (Å²) in [6.45, 7) is 3.31. The van der Waals surface area contributed by atoms with Gasteiger partial charge in [-0.15, -0.1) is 0 Å². The van der Waals surface area contributed by atoms with E-state index in [1.807, 2.05) is 0 Å². The molecular formula is C5H12N2. The molecule has 0 spiro atoms. The van der Waals surface area contributed by atoms with Crippen LogP contribution in [-0.4, -0.2) is 12.7 Å². The summed E-state index contributed by atoms with van der Waals surface area (Å²) in [7, 11) is 0. The predicted octanol–water partition coefficient (Wildman–Crippen LogP) is -0.0994. The quantitative estimate of drug-likeness (QED) is 0.446. The van der Waals surface area contributed by atoms with E-state index in [1.165, 1.54) is 0 Å². The molecule has 2 heteroatoms. The fourth-order valence-corrected chi connectivity index (χ4v) is 0.953. The van der Waals surface area contributed by atoms with Crippen molar-refractivity contribution in [3.05, 3.63) is 0 Å². The van der Waals surface area contributed by atoms with Gasteiger partial charge in [-0.05, 0) is 18.9 Å². The number of nitrogens with one attached hydrogen (secondary N) is 1. The Morgan fingerprint density at radius 1 is 1.71 bits per heavy atom. The van der Waals surface area contributed by atoms with Crippen molar-refractivity contribution in [3.63, 3.8) is 0 Å². The molecule has 0 aliphatic carbocycles. The third-order valence-corrected chi connectivity index (χ3v) is 1.38. The average Bonchev–Trinajstić information content (AvgIpc) is 1.87. The number of rotatable bonds is 0. The van der Waals surface area contributed by atoms with Crippen molar-refractivity contribution in [3.8, 4) is 0 Å². The highest BCUT2D eigenvalue weighted by Crippen LogP contribution is 2.07. The van der Waals surface area contributed by atoms with Crippen LogP contribution in [0.1, 0.15) is 13.3 Å². The molecule has 1 rings (SSSR count). The lowest BCUT2D eigenvalue weighted by Gasteiger charge is -1.96. The minimum atomic E-state index is 0.273. The summed E-state index contributed by atoms with van der Waals surface area (Å²) in [5, 5.41) is 3.15. The van der Waals surface area contributed by atoms with E-state index >= 15 is 0 Å². The van der Waals surface area contributed by atoms with Gasteiger partial charge in [0.1, 0.15) is 0 Å². The first-order chi connectivity index (χ1) is 3.29. The van der Waals surface area contributed by atoms with E-state index in [4.69, 9.17) is 5.73 Å². The first kappa shape index (κ1) is 5.06. The fourth-order valence-electron chi connectivity index (χ4n) is 0.953. The van der Waals surface area contributed by atoms with Crippen molar-refractivity contribution in [1.29, 1.82) is 0 Å². The monoisotopic (exact) mass is 100 g/mol. The second-order valence-corrected chi connectivity index (χ2v) is 2.36. The van der Waals surface area contributed by atoms with Crippen molar-refractivity contribution in [2.45, 2.75) is 19.5 Å². The minimum absolute atomic E-state index is 0.273. The Morgan fingerprint density at radius 3 is 2.57 bits per heavy atom. The molecule has 0 amide bonds. The molecule has 3 N–H and O–H groups in total. The van der Waals surface area contributed by atoms with Crippen molar-refractivity contribution < 1.29 is 0 Å². The molecule has 0 bridgehead atoms. The van der Waals surface area contributed by atoms with Gasteiger partial charge in [0.05, 0.1) is 6.17 Å². The van der Waals surface area contributed by atoms with Gasteiger partial charge in [-0.3, -0.25) is 0 Å². The molecular weight excluding hydrogens is 88.1 g/mol. The van der Waals surface area contributed by atoms with Gasteiger partial charge in [-0.1, -0.05) is 6.92 Å². The van der Waals surface area contributed by atoms with Gasteiger partial charge in [0.25, 0.3) is 0 Å². The third kappa shape index (κ3) is 1.14. The molecule has 0 aromatic rings. The summed E-state index contributed by atoms with van der Waals surface area (Å²) in [5.74, 6) is 0.787. The van der Waals surface area contributed by atoms with Crippen LogP contribution in [0.5, 0.6) is 0 Å². The maximum Gasteiger partial charge on any atom is 0.0549 e. The Bertz CT molecular complexity index is 55.1. The van der Waals surface area contributed by atoms with Crippen LogP contribution in [0.4, 0.5) is 0 Å². The predicted molar refractivity (Wildman–Crippen MR) is 29.8 cm³/mol. The van der Waals surface area contributed by atoms with Gasteiger partial charge in [-0.25, -0.2) is 0 Å². The topological polar surface area (TPSA) is 38.0 Å². The molecule has 7 heavy (non-hydrogen) atoms. The van der Waals surface area contributed by atoms with Crippen LogP contribution in [-0.2, 0) is 0 Å². The second kappa shape index (κ2) is 1.80. The van der Waals surface area contributed by atoms with Crippen molar-refractivity contribution in [2.75, 3.05) is 6.54 Å². The molecule has 1 aliphatic rings. The highest BCUT2D eigenvalue weighted by molar-refractivity contribution is 4.73. The highest BCUT2D eigenvalue weighted by atomic mass is 15.0. The van der Waals surface area contributed by atoms with Crippen molar-refractivity contribution in [1.82, 2.24) is 5.32 Å². The molecule has 42 valence electrons. The van der Waals surface area contributed by atoms with Crippen LogP contribution < -0.4 is 11.1 Å². The van der Waals surface area contributed by atoms with Gasteiger partial charge in [0.15, 0.2) is 0 Å². The number of hydrogen-bond acceptors (Lipinski definition) is 2. The van der Waals surface area contributed by atoms with Crippen LogP contribution in [0, 0.1) is 5.92 Å². The van der Waals surface area contributed by atoms with Gasteiger partial charge < -0.3 is 11.1 Å². The maximum absolute atomic E-state index is 5.51. The third-order valence-electron chi connectivity index (χ3n) is 1.38. The molecule has 2 atom stereocenters. The van der Waals surface area contributed by atoms with E-state index in [9.17, 15) is 0 Å². The first-order valence-electron chi connectivity index (χ1n) is 2.78. The van der Waals surface area contributed by atoms with Gasteiger partial charge in [0.2, 0.25) is 0 Å². The van der Waals surface area contributed by atoms with Crippen LogP contribution >= 0.6 is 0 Å². The van der Waals surface area contributed by atoms with Crippen LogP contribution in [0.3, 0.4) is 0 Å². The molecule has 1 heterocycles. The van der Waals surface area contributed by atoms with Gasteiger partial charge >= 0.3 is 0 Å². The molecule has 2 nitrogen and oxygen atoms in total. The zero-order chi connectivity index (χ0) is 5.28. The lowest BCUT2D eigenvalue weighted by molar-refractivity contribution is 0.604. The Morgan fingerprint density at radius 2 is 2.43 bits per heavy atom. The van der Waals surface area contributed by atoms with Crippen molar-refractivity contribution in [2.24, 2.45) is 11.7 Å². The highest BCUT2D eigenvalue weighted by Gasteiger charge is 2.15. The fraction of sp³-hybridized carbons (Fsp3) is 1.00. The normalized spacial score (nSPS) is 42.0. The Balaban J connectivity index is 2.26. The van der Waals surface area contributed by atoms with Crippen LogP contribution in [0.2, 0.25) is 0 Å². The molecule has 0 aromatic carbocycles. The lowest BCUT2D eigenvalue weighted by Crippen LogP contribution is -2.30. The summed E-state index contributed by atoms with van der Waals surface area (Å²) in [6.07, 6.45) is 1.41. The molecule has 1 fully saturated rings. The lowest BCUT2D eigenvalue weighted by atomic mass is 10.1. The summed E-state index contributed by atoms with van der Waals surface area (Å²) < 4.78 is 0. The van der Waals surface area contributed by atoms with Gasteiger partial charge in [0, 0.05) is 0 Å². The summed E-state index contributed by atoms with van der Waals surface area (Å²) in [4.78, 5) is 0. The number of hydrogen-bond donors (Lipinski definition) is 2. The maximum atomic E-state index is 5.51. The summed E-state index contributed by atoms with van der Waals surface area (Å²) >= 11 is 0. The zero-order valence-electron chi connectivity index (χ0n) is 4.65. The standard InChI is InChI=1S/C5H12N2/c1-4-2-5(6)7-3-4/h4-5,7H,2-3,6H2,1H3/t4-,5?/m1/s1. The van der Waals surface area contributed by atoms with Gasteiger partial charge in [-0.2, -0.15) is 0 Å². The molecule has 0 aromatic heterocycles. The van der Waals surface area contributed by atoms with Crippen LogP contribution in [0.15, 0.2) is 0 Å². The zero-order valence-corrected chi connectivity index (χ0v) is 4.65. The van der Waals surface area contributed by atoms with E-state index in [1.54, 1.807) is 0 Å². The summed E-state index contributed by atoms with van der Waals surface area (Å²) in [6, 6.07) is 0. The van der Waals surface area contributed by atoms with E-state index < -0.39 is 0 Å². The van der Waals surface area contributed by atoms with E-state index in [2.05, 4.69) is 12.2 Å². The minimum Gasteiger partial charge on any atom is -0.316 e. The Kier molecular flexibility index (Phi) is 1.30. The molecule has 1 saturated heterocycles. The Hall–Kier alpha value is -0.0800. The Labute approximate surface area is 44.1 Å². The SMILES string of the molecule is C[C@H]1CNC(N)C1. The largest absolute Gasteiger partial charge is 0.316 e. The van der Waals surface area contributed by atoms with E-state index in [0.717, 1.165) is 18.9 Å². The van der Waals surface area contributed by atoms with Crippen LogP contribution in [0.25, 0.3) is 0 Å². The molecule has 1 unspecified atom stereocenters. The average molecular weight is 100 g/mol. The molecule has 1 aliphatic heterocycles. The molecule has 0 radical (unpaired) electrons. The smallest absolute Gasteiger partial charge is 0.0549 e. The van der Waals surface area contributed by atoms with E-state index in [-0.39, 0.29) is 6.17 Å². The number of nitrogens with two attached hydrogens (primary N) is 1. The second-order valence-electron chi connectivity index (χ2n) is 2.36.